The van der Waals surface area contributed by atoms with Gasteiger partial charge in [-0.15, -0.1) is 0 Å². The van der Waals surface area contributed by atoms with Crippen LogP contribution in [0.15, 0.2) is 0 Å². The van der Waals surface area contributed by atoms with Crippen molar-refractivity contribution in [2.45, 2.75) is 64.6 Å². The molecule has 0 amide bonds. The molecule has 2 heteroatoms. The van der Waals surface area contributed by atoms with Crippen LogP contribution < -0.4 is 0 Å². The molecule has 3 atom stereocenters. The zero-order valence-corrected chi connectivity index (χ0v) is 8.95. The lowest BCUT2D eigenvalue weighted by atomic mass is 10.1. The quantitative estimate of drug-likeness (QED) is 0.667. The number of hydrogen-bond donors (Lipinski definition) is 0. The van der Waals surface area contributed by atoms with Gasteiger partial charge in [0.2, 0.25) is 0 Å². The Bertz CT molecular complexity index is 195. The van der Waals surface area contributed by atoms with Gasteiger partial charge in [-0.05, 0) is 32.6 Å². The molecule has 3 unspecified atom stereocenters. The Morgan fingerprint density at radius 2 is 2.15 bits per heavy atom. The van der Waals surface area contributed by atoms with Gasteiger partial charge in [-0.25, -0.2) is 0 Å². The van der Waals surface area contributed by atoms with Gasteiger partial charge in [0.25, 0.3) is 0 Å². The van der Waals surface area contributed by atoms with Crippen LogP contribution in [0.5, 0.6) is 0 Å². The van der Waals surface area contributed by atoms with Crippen molar-refractivity contribution in [3.63, 3.8) is 0 Å². The molecule has 2 nitrogen and oxygen atoms in total. The third-order valence-electron chi connectivity index (χ3n) is 3.22. The van der Waals surface area contributed by atoms with E-state index in [2.05, 4.69) is 31.7 Å². The Hall–Kier alpha value is -0.550. The van der Waals surface area contributed by atoms with Crippen LogP contribution in [0.1, 0.15) is 46.5 Å². The molecule has 0 bridgehead atoms. The van der Waals surface area contributed by atoms with Crippen molar-refractivity contribution in [2.75, 3.05) is 0 Å². The van der Waals surface area contributed by atoms with Gasteiger partial charge >= 0.3 is 0 Å². The molecule has 0 aromatic carbocycles. The summed E-state index contributed by atoms with van der Waals surface area (Å²) in [4.78, 5) is 2.42. The predicted molar refractivity (Wildman–Crippen MR) is 54.3 cm³/mol. The zero-order valence-electron chi connectivity index (χ0n) is 8.95. The average molecular weight is 180 g/mol. The highest BCUT2D eigenvalue weighted by molar-refractivity contribution is 4.98. The molecule has 1 aliphatic heterocycles. The first-order valence-electron chi connectivity index (χ1n) is 5.41. The van der Waals surface area contributed by atoms with E-state index in [-0.39, 0.29) is 6.04 Å². The van der Waals surface area contributed by atoms with E-state index >= 15 is 0 Å². The zero-order chi connectivity index (χ0) is 9.84. The van der Waals surface area contributed by atoms with Crippen molar-refractivity contribution in [2.24, 2.45) is 0 Å². The largest absolute Gasteiger partial charge is 0.282 e. The second-order valence-electron chi connectivity index (χ2n) is 3.99. The Labute approximate surface area is 81.5 Å². The highest BCUT2D eigenvalue weighted by atomic mass is 15.2. The van der Waals surface area contributed by atoms with E-state index in [1.807, 2.05) is 0 Å². The molecule has 0 N–H and O–H groups in total. The van der Waals surface area contributed by atoms with Gasteiger partial charge in [-0.3, -0.25) is 4.90 Å². The summed E-state index contributed by atoms with van der Waals surface area (Å²) in [6, 6.07) is 3.81. The first-order valence-corrected chi connectivity index (χ1v) is 5.41. The van der Waals surface area contributed by atoms with Crippen molar-refractivity contribution >= 4 is 0 Å². The van der Waals surface area contributed by atoms with Crippen molar-refractivity contribution < 1.29 is 0 Å². The molecule has 0 saturated carbocycles. The fourth-order valence-corrected chi connectivity index (χ4v) is 2.44. The summed E-state index contributed by atoms with van der Waals surface area (Å²) < 4.78 is 0. The summed E-state index contributed by atoms with van der Waals surface area (Å²) in [6.45, 7) is 6.57. The van der Waals surface area contributed by atoms with Crippen LogP contribution in [-0.2, 0) is 0 Å². The summed E-state index contributed by atoms with van der Waals surface area (Å²) in [5.74, 6) is 0. The molecule has 1 rings (SSSR count). The Kier molecular flexibility index (Phi) is 3.74. The molecule has 13 heavy (non-hydrogen) atoms. The second-order valence-corrected chi connectivity index (χ2v) is 3.99. The number of hydrogen-bond acceptors (Lipinski definition) is 2. The number of rotatable bonds is 3. The molecule has 0 spiro atoms. The predicted octanol–water partition coefficient (Wildman–Crippen LogP) is 2.55. The van der Waals surface area contributed by atoms with Gasteiger partial charge in [-0.1, -0.05) is 13.8 Å². The Morgan fingerprint density at radius 1 is 1.46 bits per heavy atom. The average Bonchev–Trinajstić information content (AvgIpc) is 2.51. The van der Waals surface area contributed by atoms with E-state index < -0.39 is 0 Å². The fourth-order valence-electron chi connectivity index (χ4n) is 2.44. The van der Waals surface area contributed by atoms with E-state index in [1.54, 1.807) is 0 Å². The van der Waals surface area contributed by atoms with Crippen LogP contribution in [-0.4, -0.2) is 23.0 Å². The maximum absolute atomic E-state index is 9.03. The van der Waals surface area contributed by atoms with Crippen LogP contribution in [0.4, 0.5) is 0 Å². The van der Waals surface area contributed by atoms with Crippen molar-refractivity contribution in [3.8, 4) is 6.07 Å². The lowest BCUT2D eigenvalue weighted by Gasteiger charge is -2.31. The van der Waals surface area contributed by atoms with Crippen molar-refractivity contribution in [1.82, 2.24) is 4.90 Å². The molecule has 1 heterocycles. The van der Waals surface area contributed by atoms with Gasteiger partial charge in [-0.2, -0.15) is 5.26 Å². The van der Waals surface area contributed by atoms with Crippen molar-refractivity contribution in [3.05, 3.63) is 0 Å². The normalized spacial score (nSPS) is 31.5. The minimum atomic E-state index is 0.141. The topological polar surface area (TPSA) is 27.0 Å². The second kappa shape index (κ2) is 4.62. The van der Waals surface area contributed by atoms with Crippen LogP contribution >= 0.6 is 0 Å². The molecule has 74 valence electrons. The van der Waals surface area contributed by atoms with E-state index in [0.717, 1.165) is 6.42 Å². The minimum absolute atomic E-state index is 0.141. The highest BCUT2D eigenvalue weighted by Gasteiger charge is 2.33. The van der Waals surface area contributed by atoms with Crippen LogP contribution in [0, 0.1) is 11.3 Å². The van der Waals surface area contributed by atoms with Crippen LogP contribution in [0.25, 0.3) is 0 Å². The van der Waals surface area contributed by atoms with Gasteiger partial charge < -0.3 is 0 Å². The van der Waals surface area contributed by atoms with Crippen LogP contribution in [0.3, 0.4) is 0 Å². The first-order chi connectivity index (χ1) is 6.24. The Balaban J connectivity index is 2.68. The molecular formula is C11H20N2. The lowest BCUT2D eigenvalue weighted by molar-refractivity contribution is 0.161. The highest BCUT2D eigenvalue weighted by Crippen LogP contribution is 2.28. The number of likely N-dealkylation sites (tertiary alicyclic amines) is 1. The summed E-state index contributed by atoms with van der Waals surface area (Å²) in [5, 5.41) is 9.03. The third-order valence-corrected chi connectivity index (χ3v) is 3.22. The molecule has 0 radical (unpaired) electrons. The maximum Gasteiger partial charge on any atom is 0.0979 e. The van der Waals surface area contributed by atoms with Gasteiger partial charge in [0.15, 0.2) is 0 Å². The Morgan fingerprint density at radius 3 is 2.62 bits per heavy atom. The molecule has 0 aliphatic carbocycles. The number of nitriles is 1. The lowest BCUT2D eigenvalue weighted by Crippen LogP contribution is -2.41. The smallest absolute Gasteiger partial charge is 0.0979 e. The summed E-state index contributed by atoms with van der Waals surface area (Å²) in [7, 11) is 0. The van der Waals surface area contributed by atoms with E-state index in [1.165, 1.54) is 19.3 Å². The van der Waals surface area contributed by atoms with Crippen molar-refractivity contribution in [1.29, 1.82) is 5.26 Å². The third kappa shape index (κ3) is 2.03. The summed E-state index contributed by atoms with van der Waals surface area (Å²) in [5.41, 5.74) is 0. The standard InChI is InChI=1S/C11H20N2/c1-4-10-7-6-9(3)13(10)11(5-2)8-12/h9-11H,4-7H2,1-3H3. The van der Waals surface area contributed by atoms with Crippen LogP contribution in [0.2, 0.25) is 0 Å². The van der Waals surface area contributed by atoms with E-state index in [0.29, 0.717) is 12.1 Å². The summed E-state index contributed by atoms with van der Waals surface area (Å²) >= 11 is 0. The summed E-state index contributed by atoms with van der Waals surface area (Å²) in [6.07, 6.45) is 4.67. The molecule has 0 aromatic heterocycles. The maximum atomic E-state index is 9.03. The number of nitrogens with zero attached hydrogens (tertiary/aromatic N) is 2. The molecule has 1 saturated heterocycles. The molecule has 1 fully saturated rings. The molecular weight excluding hydrogens is 160 g/mol. The monoisotopic (exact) mass is 180 g/mol. The minimum Gasteiger partial charge on any atom is -0.282 e. The van der Waals surface area contributed by atoms with E-state index in [4.69, 9.17) is 5.26 Å². The van der Waals surface area contributed by atoms with Gasteiger partial charge in [0, 0.05) is 12.1 Å². The van der Waals surface area contributed by atoms with Gasteiger partial charge in [0.05, 0.1) is 12.1 Å². The first kappa shape index (κ1) is 10.5. The van der Waals surface area contributed by atoms with E-state index in [9.17, 15) is 0 Å². The fraction of sp³-hybridized carbons (Fsp3) is 0.909. The SMILES string of the molecule is CCC(C#N)N1C(C)CCC1CC. The molecule has 0 aromatic rings. The molecule has 1 aliphatic rings. The van der Waals surface area contributed by atoms with Gasteiger partial charge in [0.1, 0.15) is 0 Å².